The van der Waals surface area contributed by atoms with Gasteiger partial charge in [0.15, 0.2) is 0 Å². The number of aromatic nitrogens is 4. The average molecular weight is 445 g/mol. The third-order valence-electron chi connectivity index (χ3n) is 3.56. The van der Waals surface area contributed by atoms with Crippen molar-refractivity contribution in [3.8, 4) is 5.75 Å². The number of benzene rings is 1. The number of nitro groups is 1. The first-order valence-electron chi connectivity index (χ1n) is 7.94. The lowest BCUT2D eigenvalue weighted by Crippen LogP contribution is -2.00. The van der Waals surface area contributed by atoms with E-state index in [2.05, 4.69) is 38.1 Å². The molecule has 0 fully saturated rings. The van der Waals surface area contributed by atoms with Crippen molar-refractivity contribution in [2.45, 2.75) is 45.1 Å². The van der Waals surface area contributed by atoms with Gasteiger partial charge in [-0.3, -0.25) is 10.1 Å². The van der Waals surface area contributed by atoms with Gasteiger partial charge in [0.2, 0.25) is 0 Å². The summed E-state index contributed by atoms with van der Waals surface area (Å²) in [6, 6.07) is 4.67. The number of aryl methyl sites for hydroxylation is 1. The predicted molar refractivity (Wildman–Crippen MR) is 96.8 cm³/mol. The minimum Gasteiger partial charge on any atom is -0.492 e. The summed E-state index contributed by atoms with van der Waals surface area (Å²) in [4.78, 5) is 10.3. The molecule has 2 aromatic rings. The lowest BCUT2D eigenvalue weighted by molar-refractivity contribution is -0.385. The molecule has 0 radical (unpaired) electrons. The smallest absolute Gasteiger partial charge is 0.270 e. The van der Waals surface area contributed by atoms with Crippen molar-refractivity contribution in [3.63, 3.8) is 0 Å². The molecule has 0 aliphatic heterocycles. The van der Waals surface area contributed by atoms with Gasteiger partial charge in [-0.15, -0.1) is 5.10 Å². The number of non-ortho nitro benzene ring substituents is 1. The first-order valence-corrected chi connectivity index (χ1v) is 9.02. The third-order valence-corrected chi connectivity index (χ3v) is 4.40. The summed E-state index contributed by atoms with van der Waals surface area (Å²) in [5.41, 5.74) is 0.0911. The van der Waals surface area contributed by atoms with E-state index < -0.39 is 4.92 Å². The monoisotopic (exact) mass is 445 g/mol. The number of rotatable bonds is 11. The second-order valence-electron chi connectivity index (χ2n) is 5.41. The summed E-state index contributed by atoms with van der Waals surface area (Å²) >= 11 is 2.06. The number of unbranched alkanes of at least 4 members (excludes halogenated alkanes) is 5. The van der Waals surface area contributed by atoms with Crippen LogP contribution in [0.3, 0.4) is 0 Å². The molecule has 9 heteroatoms. The van der Waals surface area contributed by atoms with Crippen LogP contribution in [0.4, 0.5) is 5.69 Å². The Kier molecular flexibility index (Phi) is 7.86. The van der Waals surface area contributed by atoms with E-state index >= 15 is 0 Å². The van der Waals surface area contributed by atoms with Crippen LogP contribution in [0, 0.1) is 13.7 Å². The Bertz CT molecular complexity index is 636. The third kappa shape index (κ3) is 6.38. The molecule has 1 aromatic heterocycles. The van der Waals surface area contributed by atoms with Crippen molar-refractivity contribution < 1.29 is 9.66 Å². The minimum atomic E-state index is -0.397. The van der Waals surface area contributed by atoms with Gasteiger partial charge in [-0.2, -0.15) is 0 Å². The molecule has 0 bridgehead atoms. The number of hydrogen-bond donors (Lipinski definition) is 0. The minimum absolute atomic E-state index is 0.0911. The van der Waals surface area contributed by atoms with Gasteiger partial charge in [0.25, 0.3) is 5.69 Å². The first kappa shape index (κ1) is 18.6. The van der Waals surface area contributed by atoms with Crippen LogP contribution in [-0.2, 0) is 6.54 Å². The number of nitro benzene ring substituents is 1. The molecule has 24 heavy (non-hydrogen) atoms. The predicted octanol–water partition coefficient (Wildman–Crippen LogP) is 3.61. The highest BCUT2D eigenvalue weighted by Crippen LogP contribution is 2.25. The van der Waals surface area contributed by atoms with Crippen LogP contribution in [0.2, 0.25) is 0 Å². The van der Waals surface area contributed by atoms with Gasteiger partial charge in [0.05, 0.1) is 15.1 Å². The van der Waals surface area contributed by atoms with E-state index in [-0.39, 0.29) is 5.69 Å². The van der Waals surface area contributed by atoms with Gasteiger partial charge in [-0.25, -0.2) is 4.68 Å². The largest absolute Gasteiger partial charge is 0.492 e. The van der Waals surface area contributed by atoms with E-state index in [4.69, 9.17) is 4.74 Å². The van der Waals surface area contributed by atoms with Crippen LogP contribution in [0.5, 0.6) is 5.75 Å². The van der Waals surface area contributed by atoms with Crippen LogP contribution < -0.4 is 4.74 Å². The second-order valence-corrected chi connectivity index (χ2v) is 6.58. The normalized spacial score (nSPS) is 10.7. The number of ether oxygens (including phenoxy) is 1. The zero-order chi connectivity index (χ0) is 17.2. The van der Waals surface area contributed by atoms with Crippen LogP contribution >= 0.6 is 22.6 Å². The van der Waals surface area contributed by atoms with E-state index in [0.29, 0.717) is 12.4 Å². The Balaban J connectivity index is 1.51. The highest BCUT2D eigenvalue weighted by molar-refractivity contribution is 14.1. The Labute approximate surface area is 153 Å². The zero-order valence-electron chi connectivity index (χ0n) is 13.3. The molecule has 1 heterocycles. The number of tetrazole rings is 1. The lowest BCUT2D eigenvalue weighted by atomic mass is 10.1. The van der Waals surface area contributed by atoms with Crippen LogP contribution in [0.15, 0.2) is 24.5 Å². The number of nitrogens with zero attached hydrogens (tertiary/aromatic N) is 5. The summed E-state index contributed by atoms with van der Waals surface area (Å²) in [6.07, 6.45) is 8.36. The molecule has 8 nitrogen and oxygen atoms in total. The van der Waals surface area contributed by atoms with E-state index in [1.54, 1.807) is 17.1 Å². The molecule has 0 saturated heterocycles. The quantitative estimate of drug-likeness (QED) is 0.227. The van der Waals surface area contributed by atoms with E-state index in [0.717, 1.165) is 29.4 Å². The van der Waals surface area contributed by atoms with Gasteiger partial charge in [0, 0.05) is 18.7 Å². The molecule has 0 amide bonds. The fourth-order valence-electron chi connectivity index (χ4n) is 2.27. The summed E-state index contributed by atoms with van der Waals surface area (Å²) in [7, 11) is 0. The van der Waals surface area contributed by atoms with Gasteiger partial charge in [-0.1, -0.05) is 25.7 Å². The summed E-state index contributed by atoms with van der Waals surface area (Å²) in [5.74, 6) is 0.711. The summed E-state index contributed by atoms with van der Waals surface area (Å²) in [5, 5.41) is 21.7. The second kappa shape index (κ2) is 10.2. The Morgan fingerprint density at radius 1 is 1.17 bits per heavy atom. The molecule has 0 aliphatic carbocycles. The van der Waals surface area contributed by atoms with E-state index in [1.165, 1.54) is 31.4 Å². The molecule has 0 N–H and O–H groups in total. The topological polar surface area (TPSA) is 96.0 Å². The maximum Gasteiger partial charge on any atom is 0.270 e. The zero-order valence-corrected chi connectivity index (χ0v) is 15.5. The van der Waals surface area contributed by atoms with Crippen molar-refractivity contribution in [2.75, 3.05) is 6.61 Å². The Morgan fingerprint density at radius 3 is 2.58 bits per heavy atom. The number of halogens is 1. The van der Waals surface area contributed by atoms with Crippen molar-refractivity contribution in [3.05, 3.63) is 38.2 Å². The molecule has 130 valence electrons. The molecular weight excluding hydrogens is 425 g/mol. The van der Waals surface area contributed by atoms with Crippen molar-refractivity contribution >= 4 is 28.3 Å². The van der Waals surface area contributed by atoms with Crippen molar-refractivity contribution in [2.24, 2.45) is 0 Å². The van der Waals surface area contributed by atoms with Gasteiger partial charge in [-0.05, 0) is 51.9 Å². The SMILES string of the molecule is O=[N+]([O-])c1ccc(OCCCCCCCCn2cnnn2)c(I)c1. The average Bonchev–Trinajstić information content (AvgIpc) is 3.07. The van der Waals surface area contributed by atoms with Gasteiger partial charge < -0.3 is 4.74 Å². The maximum absolute atomic E-state index is 10.7. The van der Waals surface area contributed by atoms with Crippen LogP contribution in [-0.4, -0.2) is 31.7 Å². The molecule has 2 rings (SSSR count). The van der Waals surface area contributed by atoms with E-state index in [9.17, 15) is 10.1 Å². The molecule has 0 saturated carbocycles. The van der Waals surface area contributed by atoms with Crippen LogP contribution in [0.1, 0.15) is 38.5 Å². The van der Waals surface area contributed by atoms with Crippen molar-refractivity contribution in [1.29, 1.82) is 0 Å². The molecular formula is C15H20IN5O3. The molecule has 1 aromatic carbocycles. The van der Waals surface area contributed by atoms with Crippen molar-refractivity contribution in [1.82, 2.24) is 20.2 Å². The molecule has 0 atom stereocenters. The fourth-order valence-corrected chi connectivity index (χ4v) is 2.92. The number of hydrogen-bond acceptors (Lipinski definition) is 6. The highest BCUT2D eigenvalue weighted by Gasteiger charge is 2.09. The molecule has 0 spiro atoms. The standard InChI is InChI=1S/C15H20IN5O3/c16-14-11-13(21(22)23)7-8-15(14)24-10-6-4-2-1-3-5-9-20-12-17-18-19-20/h7-8,11-12H,1-6,9-10H2. The maximum atomic E-state index is 10.7. The molecule has 0 aliphatic rings. The first-order chi connectivity index (χ1) is 11.7. The molecule has 0 unspecified atom stereocenters. The van der Waals surface area contributed by atoms with Crippen LogP contribution in [0.25, 0.3) is 0 Å². The van der Waals surface area contributed by atoms with Gasteiger partial charge in [0.1, 0.15) is 12.1 Å². The summed E-state index contributed by atoms with van der Waals surface area (Å²) in [6.45, 7) is 1.51. The van der Waals surface area contributed by atoms with E-state index in [1.807, 2.05) is 0 Å². The summed E-state index contributed by atoms with van der Waals surface area (Å²) < 4.78 is 8.21. The highest BCUT2D eigenvalue weighted by atomic mass is 127. The Hall–Kier alpha value is -1.78. The lowest BCUT2D eigenvalue weighted by Gasteiger charge is -2.08. The Morgan fingerprint density at radius 2 is 1.92 bits per heavy atom. The van der Waals surface area contributed by atoms with Gasteiger partial charge >= 0.3 is 0 Å². The fraction of sp³-hybridized carbons (Fsp3) is 0.533.